The highest BCUT2D eigenvalue weighted by atomic mass is 19.4. The number of carboxylic acids is 1. The van der Waals surface area contributed by atoms with Gasteiger partial charge in [-0.3, -0.25) is 9.36 Å². The van der Waals surface area contributed by atoms with Crippen LogP contribution in [-0.2, 0) is 11.3 Å². The molecule has 0 spiro atoms. The van der Waals surface area contributed by atoms with Gasteiger partial charge >= 0.3 is 12.1 Å². The van der Waals surface area contributed by atoms with Crippen LogP contribution in [0.3, 0.4) is 0 Å². The van der Waals surface area contributed by atoms with Gasteiger partial charge in [0.05, 0.1) is 7.11 Å². The fraction of sp³-hybridized carbons (Fsp3) is 0.148. The molecule has 0 atom stereocenters. The largest absolute Gasteiger partial charge is 0.497 e. The third kappa shape index (κ3) is 6.46. The quantitative estimate of drug-likeness (QED) is 0.366. The summed E-state index contributed by atoms with van der Waals surface area (Å²) in [5.41, 5.74) is 2.77. The van der Waals surface area contributed by atoms with Gasteiger partial charge in [-0.05, 0) is 35.9 Å². The van der Waals surface area contributed by atoms with Gasteiger partial charge in [0.15, 0.2) is 0 Å². The number of aliphatic carboxylic acids is 1. The number of hydrogen-bond acceptors (Lipinski definition) is 5. The molecular weight excluding hydrogens is 487 g/mol. The van der Waals surface area contributed by atoms with Crippen molar-refractivity contribution in [3.63, 3.8) is 0 Å². The Kier molecular flexibility index (Phi) is 8.53. The Morgan fingerprint density at radius 1 is 1.03 bits per heavy atom. The number of alkyl halides is 3. The number of ether oxygens (including phenoxy) is 1. The number of methoxy groups -OCH3 is 1. The molecule has 0 fully saturated rings. The topological polar surface area (TPSA) is 104 Å². The lowest BCUT2D eigenvalue weighted by Crippen LogP contribution is -2.27. The predicted molar refractivity (Wildman–Crippen MR) is 134 cm³/mol. The molecule has 10 heteroatoms. The van der Waals surface area contributed by atoms with Gasteiger partial charge in [0.25, 0.3) is 5.56 Å². The Bertz CT molecular complexity index is 1480. The van der Waals surface area contributed by atoms with Crippen molar-refractivity contribution >= 4 is 22.4 Å². The van der Waals surface area contributed by atoms with Gasteiger partial charge in [0, 0.05) is 35.1 Å². The van der Waals surface area contributed by atoms with Crippen LogP contribution in [0.2, 0.25) is 0 Å². The minimum Gasteiger partial charge on any atom is -0.497 e. The summed E-state index contributed by atoms with van der Waals surface area (Å²) in [6.45, 7) is 0.896. The Hall–Kier alpha value is -4.78. The molecule has 0 aliphatic rings. The minimum atomic E-state index is -5.08. The number of carboxylic acid groups (broad SMARTS) is 1. The van der Waals surface area contributed by atoms with E-state index < -0.39 is 12.1 Å². The molecule has 0 amide bonds. The number of halogens is 3. The third-order valence-corrected chi connectivity index (χ3v) is 5.33. The van der Waals surface area contributed by atoms with Gasteiger partial charge in [-0.1, -0.05) is 48.5 Å². The van der Waals surface area contributed by atoms with Crippen LogP contribution in [0.25, 0.3) is 21.9 Å². The molecule has 0 unspecified atom stereocenters. The lowest BCUT2D eigenvalue weighted by atomic mass is 9.97. The number of fused-ring (bicyclic) bond motifs is 1. The van der Waals surface area contributed by atoms with E-state index in [1.165, 1.54) is 0 Å². The lowest BCUT2D eigenvalue weighted by molar-refractivity contribution is -0.192. The van der Waals surface area contributed by atoms with Crippen molar-refractivity contribution in [2.45, 2.75) is 12.7 Å². The monoisotopic (exact) mass is 509 g/mol. The molecule has 7 nitrogen and oxygen atoms in total. The Labute approximate surface area is 210 Å². The second-order valence-electron chi connectivity index (χ2n) is 7.67. The van der Waals surface area contributed by atoms with Crippen LogP contribution >= 0.6 is 0 Å². The zero-order valence-electron chi connectivity index (χ0n) is 19.6. The molecule has 0 radical (unpaired) electrons. The third-order valence-electron chi connectivity index (χ3n) is 5.33. The number of para-hydroxylation sites is 1. The Balaban J connectivity index is 0.000000479. The zero-order valence-corrected chi connectivity index (χ0v) is 19.6. The van der Waals surface area contributed by atoms with Crippen molar-refractivity contribution in [1.29, 1.82) is 5.26 Å². The smallest absolute Gasteiger partial charge is 0.490 e. The van der Waals surface area contributed by atoms with E-state index in [1.807, 2.05) is 66.7 Å². The maximum atomic E-state index is 13.3. The van der Waals surface area contributed by atoms with Crippen molar-refractivity contribution in [2.75, 3.05) is 19.0 Å². The van der Waals surface area contributed by atoms with Gasteiger partial charge < -0.3 is 15.2 Å². The molecule has 0 saturated heterocycles. The molecule has 4 aromatic rings. The van der Waals surface area contributed by atoms with Crippen molar-refractivity contribution in [3.8, 4) is 22.9 Å². The highest BCUT2D eigenvalue weighted by molar-refractivity contribution is 5.99. The van der Waals surface area contributed by atoms with Crippen LogP contribution < -0.4 is 15.6 Å². The average Bonchev–Trinajstić information content (AvgIpc) is 2.90. The van der Waals surface area contributed by atoms with Crippen molar-refractivity contribution < 1.29 is 27.8 Å². The predicted octanol–water partition coefficient (Wildman–Crippen LogP) is 5.29. The van der Waals surface area contributed by atoms with E-state index in [9.17, 15) is 23.2 Å². The van der Waals surface area contributed by atoms with E-state index in [0.29, 0.717) is 29.9 Å². The minimum absolute atomic E-state index is 0.182. The number of nitrogens with zero attached hydrogens (tertiary/aromatic N) is 2. The summed E-state index contributed by atoms with van der Waals surface area (Å²) in [5, 5.41) is 21.7. The lowest BCUT2D eigenvalue weighted by Gasteiger charge is -2.17. The molecule has 1 aromatic heterocycles. The standard InChI is InChI=1S/C25H21N3O2.C2HF3O2/c1-30-20-12-13-21-22(16-20)24(18-8-4-2-5-9-18)23(17-26)28(25(21)29)15-14-27-19-10-6-3-7-11-19;3-2(4,5)1(6)7/h2-13,16,27H,14-15H2,1H3;(H,6,7). The molecule has 3 aromatic carbocycles. The molecule has 0 aliphatic carbocycles. The van der Waals surface area contributed by atoms with Crippen LogP contribution in [0, 0.1) is 11.3 Å². The van der Waals surface area contributed by atoms with Gasteiger partial charge in [-0.2, -0.15) is 18.4 Å². The summed E-state index contributed by atoms with van der Waals surface area (Å²) in [5.74, 6) is -2.11. The molecule has 37 heavy (non-hydrogen) atoms. The summed E-state index contributed by atoms with van der Waals surface area (Å²) < 4.78 is 38.7. The number of benzene rings is 3. The number of nitriles is 1. The molecule has 0 bridgehead atoms. The molecule has 2 N–H and O–H groups in total. The summed E-state index contributed by atoms with van der Waals surface area (Å²) in [6, 6.07) is 27.1. The maximum absolute atomic E-state index is 13.3. The van der Waals surface area contributed by atoms with Crippen LogP contribution in [0.5, 0.6) is 5.75 Å². The fourth-order valence-corrected chi connectivity index (χ4v) is 3.65. The first kappa shape index (κ1) is 26.8. The van der Waals surface area contributed by atoms with Gasteiger partial charge in [-0.15, -0.1) is 0 Å². The van der Waals surface area contributed by atoms with Crippen LogP contribution in [0.1, 0.15) is 5.69 Å². The second kappa shape index (κ2) is 11.8. The van der Waals surface area contributed by atoms with Crippen molar-refractivity contribution in [1.82, 2.24) is 4.57 Å². The first-order valence-corrected chi connectivity index (χ1v) is 11.0. The normalized spacial score (nSPS) is 10.7. The molecule has 190 valence electrons. The number of anilines is 1. The number of rotatable bonds is 6. The molecule has 0 saturated carbocycles. The van der Waals surface area contributed by atoms with Crippen LogP contribution in [-0.4, -0.2) is 35.5 Å². The summed E-state index contributed by atoms with van der Waals surface area (Å²) in [6.07, 6.45) is -5.08. The molecule has 1 heterocycles. The molecule has 4 rings (SSSR count). The van der Waals surface area contributed by atoms with E-state index in [-0.39, 0.29) is 5.56 Å². The van der Waals surface area contributed by atoms with Gasteiger partial charge in [0.2, 0.25) is 0 Å². The van der Waals surface area contributed by atoms with Crippen molar-refractivity contribution in [2.24, 2.45) is 0 Å². The number of nitrogens with one attached hydrogen (secondary N) is 1. The van der Waals surface area contributed by atoms with Gasteiger partial charge in [0.1, 0.15) is 17.5 Å². The number of pyridine rings is 1. The van der Waals surface area contributed by atoms with Crippen molar-refractivity contribution in [3.05, 3.63) is 94.9 Å². The highest BCUT2D eigenvalue weighted by Gasteiger charge is 2.38. The average molecular weight is 509 g/mol. The highest BCUT2D eigenvalue weighted by Crippen LogP contribution is 2.32. The summed E-state index contributed by atoms with van der Waals surface area (Å²) in [4.78, 5) is 22.2. The zero-order chi connectivity index (χ0) is 27.0. The molecular formula is C27H22F3N3O4. The van der Waals surface area contributed by atoms with E-state index in [1.54, 1.807) is 23.8 Å². The maximum Gasteiger partial charge on any atom is 0.490 e. The van der Waals surface area contributed by atoms with Crippen LogP contribution in [0.4, 0.5) is 18.9 Å². The summed E-state index contributed by atoms with van der Waals surface area (Å²) >= 11 is 0. The van der Waals surface area contributed by atoms with Gasteiger partial charge in [-0.25, -0.2) is 4.79 Å². The number of hydrogen-bond donors (Lipinski definition) is 2. The van der Waals surface area contributed by atoms with E-state index >= 15 is 0 Å². The van der Waals surface area contributed by atoms with Crippen LogP contribution in [0.15, 0.2) is 83.7 Å². The fourth-order valence-electron chi connectivity index (χ4n) is 3.65. The first-order chi connectivity index (χ1) is 17.7. The summed E-state index contributed by atoms with van der Waals surface area (Å²) in [7, 11) is 1.59. The number of carbonyl (C=O) groups is 1. The van der Waals surface area contributed by atoms with E-state index in [2.05, 4.69) is 11.4 Å². The number of aromatic nitrogens is 1. The van der Waals surface area contributed by atoms with E-state index in [0.717, 1.165) is 22.2 Å². The van der Waals surface area contributed by atoms with E-state index in [4.69, 9.17) is 14.6 Å². The SMILES string of the molecule is COc1ccc2c(=O)n(CCNc3ccccc3)c(C#N)c(-c3ccccc3)c2c1.O=C(O)C(F)(F)F. The molecule has 0 aliphatic heterocycles. The Morgan fingerprint density at radius 2 is 1.62 bits per heavy atom. The Morgan fingerprint density at radius 3 is 2.16 bits per heavy atom. The second-order valence-corrected chi connectivity index (χ2v) is 7.67. The first-order valence-electron chi connectivity index (χ1n) is 11.0.